The molecular formula is C13H23N9S. The summed E-state index contributed by atoms with van der Waals surface area (Å²) in [6.07, 6.45) is 0. The Labute approximate surface area is 139 Å². The summed E-state index contributed by atoms with van der Waals surface area (Å²) >= 11 is 1.43. The molecule has 23 heavy (non-hydrogen) atoms. The van der Waals surface area contributed by atoms with Crippen molar-refractivity contribution in [2.75, 3.05) is 30.6 Å². The highest BCUT2D eigenvalue weighted by Gasteiger charge is 2.25. The number of rotatable bonds is 4. The van der Waals surface area contributed by atoms with Crippen molar-refractivity contribution in [3.8, 4) is 0 Å². The fourth-order valence-corrected chi connectivity index (χ4v) is 2.67. The van der Waals surface area contributed by atoms with E-state index in [9.17, 15) is 0 Å². The fraction of sp³-hybridized carbons (Fsp3) is 0.615. The van der Waals surface area contributed by atoms with Gasteiger partial charge in [-0.1, -0.05) is 32.5 Å². The molecule has 0 saturated carbocycles. The first-order valence-corrected chi connectivity index (χ1v) is 8.04. The molecule has 126 valence electrons. The van der Waals surface area contributed by atoms with Crippen LogP contribution in [0.5, 0.6) is 0 Å². The molecule has 10 heteroatoms. The summed E-state index contributed by atoms with van der Waals surface area (Å²) in [5.74, 6) is 8.11. The number of anilines is 2. The van der Waals surface area contributed by atoms with Crippen LogP contribution < -0.4 is 16.5 Å². The summed E-state index contributed by atoms with van der Waals surface area (Å²) < 4.78 is 1.51. The Morgan fingerprint density at radius 2 is 1.78 bits per heavy atom. The van der Waals surface area contributed by atoms with Gasteiger partial charge in [0.15, 0.2) is 5.82 Å². The highest BCUT2D eigenvalue weighted by molar-refractivity contribution is 7.99. The zero-order chi connectivity index (χ0) is 17.4. The number of nitrogen functional groups attached to an aromatic ring is 2. The first-order chi connectivity index (χ1) is 10.6. The minimum absolute atomic E-state index is 0.0988. The molecule has 0 fully saturated rings. The van der Waals surface area contributed by atoms with Gasteiger partial charge in [0.1, 0.15) is 5.82 Å². The minimum atomic E-state index is -0.181. The van der Waals surface area contributed by atoms with Crippen LogP contribution >= 0.6 is 11.8 Å². The third kappa shape index (κ3) is 3.81. The third-order valence-corrected chi connectivity index (χ3v) is 4.09. The van der Waals surface area contributed by atoms with Gasteiger partial charge >= 0.3 is 0 Å². The molecule has 2 aromatic rings. The molecule has 0 saturated heterocycles. The number of hydrogen-bond donors (Lipinski definition) is 2. The van der Waals surface area contributed by atoms with Gasteiger partial charge in [-0.3, -0.25) is 0 Å². The van der Waals surface area contributed by atoms with Crippen molar-refractivity contribution in [2.24, 2.45) is 0 Å². The van der Waals surface area contributed by atoms with Crippen molar-refractivity contribution in [3.05, 3.63) is 11.6 Å². The van der Waals surface area contributed by atoms with Crippen LogP contribution in [0.1, 0.15) is 44.6 Å². The number of nitrogens with two attached hydrogens (primary N) is 2. The second-order valence-electron chi connectivity index (χ2n) is 6.43. The van der Waals surface area contributed by atoms with Gasteiger partial charge in [0.25, 0.3) is 0 Å². The van der Waals surface area contributed by atoms with E-state index in [4.69, 9.17) is 11.6 Å². The average molecular weight is 337 g/mol. The van der Waals surface area contributed by atoms with Crippen molar-refractivity contribution >= 4 is 23.7 Å². The molecule has 2 rings (SSSR count). The summed E-state index contributed by atoms with van der Waals surface area (Å²) in [7, 11) is 3.70. The zero-order valence-electron chi connectivity index (χ0n) is 14.3. The van der Waals surface area contributed by atoms with Crippen molar-refractivity contribution in [1.29, 1.82) is 0 Å². The largest absolute Gasteiger partial charge is 0.368 e. The van der Waals surface area contributed by atoms with Crippen LogP contribution in [0.4, 0.5) is 11.9 Å². The lowest BCUT2D eigenvalue weighted by Gasteiger charge is -2.17. The summed E-state index contributed by atoms with van der Waals surface area (Å²) in [6.45, 7) is 8.07. The first kappa shape index (κ1) is 17.3. The predicted octanol–water partition coefficient (Wildman–Crippen LogP) is 0.976. The van der Waals surface area contributed by atoms with E-state index in [1.165, 1.54) is 16.4 Å². The van der Waals surface area contributed by atoms with Gasteiger partial charge in [0.2, 0.25) is 17.1 Å². The molecule has 0 aliphatic heterocycles. The van der Waals surface area contributed by atoms with E-state index in [-0.39, 0.29) is 16.6 Å². The monoisotopic (exact) mass is 337 g/mol. The average Bonchev–Trinajstić information content (AvgIpc) is 2.79. The van der Waals surface area contributed by atoms with Gasteiger partial charge in [-0.25, -0.2) is 4.68 Å². The molecule has 0 aromatic carbocycles. The van der Waals surface area contributed by atoms with E-state index < -0.39 is 0 Å². The van der Waals surface area contributed by atoms with E-state index >= 15 is 0 Å². The normalized spacial score (nSPS) is 13.1. The SMILES string of the molecule is CC(Sc1nnc(C(C)(C)C)n1N)c1nc(N)nc(N(C)C)n1. The smallest absolute Gasteiger partial charge is 0.229 e. The van der Waals surface area contributed by atoms with Crippen LogP contribution in [0.2, 0.25) is 0 Å². The first-order valence-electron chi connectivity index (χ1n) is 7.16. The highest BCUT2D eigenvalue weighted by Crippen LogP contribution is 2.33. The predicted molar refractivity (Wildman–Crippen MR) is 91.7 cm³/mol. The molecule has 9 nitrogen and oxygen atoms in total. The quantitative estimate of drug-likeness (QED) is 0.620. The number of hydrogen-bond acceptors (Lipinski definition) is 9. The van der Waals surface area contributed by atoms with Crippen molar-refractivity contribution < 1.29 is 0 Å². The molecule has 2 aromatic heterocycles. The van der Waals surface area contributed by atoms with E-state index in [0.717, 1.165) is 5.82 Å². The lowest BCUT2D eigenvalue weighted by molar-refractivity contribution is 0.523. The second kappa shape index (κ2) is 6.19. The van der Waals surface area contributed by atoms with Gasteiger partial charge in [0, 0.05) is 19.5 Å². The Balaban J connectivity index is 2.26. The van der Waals surface area contributed by atoms with E-state index in [0.29, 0.717) is 16.9 Å². The van der Waals surface area contributed by atoms with Crippen LogP contribution in [0.15, 0.2) is 5.16 Å². The highest BCUT2D eigenvalue weighted by atomic mass is 32.2. The van der Waals surface area contributed by atoms with Gasteiger partial charge < -0.3 is 16.5 Å². The number of aromatic nitrogens is 6. The lowest BCUT2D eigenvalue weighted by atomic mass is 9.96. The van der Waals surface area contributed by atoms with E-state index in [2.05, 4.69) is 25.1 Å². The third-order valence-electron chi connectivity index (χ3n) is 3.04. The molecule has 4 N–H and O–H groups in total. The van der Waals surface area contributed by atoms with Crippen LogP contribution in [-0.4, -0.2) is 43.9 Å². The van der Waals surface area contributed by atoms with Crippen molar-refractivity contribution in [3.63, 3.8) is 0 Å². The van der Waals surface area contributed by atoms with Gasteiger partial charge in [0.05, 0.1) is 5.25 Å². The number of thioether (sulfide) groups is 1. The van der Waals surface area contributed by atoms with Crippen LogP contribution in [0.25, 0.3) is 0 Å². The Morgan fingerprint density at radius 3 is 2.30 bits per heavy atom. The van der Waals surface area contributed by atoms with Crippen LogP contribution in [-0.2, 0) is 5.41 Å². The fourth-order valence-electron chi connectivity index (χ4n) is 1.86. The molecule has 0 spiro atoms. The molecule has 0 bridgehead atoms. The summed E-state index contributed by atoms with van der Waals surface area (Å²) in [5, 5.41) is 8.85. The maximum absolute atomic E-state index is 6.11. The minimum Gasteiger partial charge on any atom is -0.368 e. The Bertz CT molecular complexity index is 689. The molecule has 0 radical (unpaired) electrons. The van der Waals surface area contributed by atoms with E-state index in [1.807, 2.05) is 41.8 Å². The summed E-state index contributed by atoms with van der Waals surface area (Å²) in [4.78, 5) is 14.5. The Kier molecular flexibility index (Phi) is 4.64. The molecule has 1 atom stereocenters. The zero-order valence-corrected chi connectivity index (χ0v) is 15.1. The Hall–Kier alpha value is -2.10. The molecular weight excluding hydrogens is 314 g/mol. The Morgan fingerprint density at radius 1 is 1.13 bits per heavy atom. The standard InChI is InChI=1S/C13H23N9S/c1-7(8-16-10(14)18-11(17-8)21(5)6)23-12-20-19-9(22(12)15)13(2,3)4/h7H,15H2,1-6H3,(H2,14,16,17,18). The number of nitrogens with zero attached hydrogens (tertiary/aromatic N) is 7. The lowest BCUT2D eigenvalue weighted by Crippen LogP contribution is -2.24. The molecule has 0 aliphatic carbocycles. The molecule has 0 amide bonds. The van der Waals surface area contributed by atoms with Gasteiger partial charge in [-0.2, -0.15) is 15.0 Å². The summed E-state index contributed by atoms with van der Waals surface area (Å²) in [5.41, 5.74) is 5.58. The second-order valence-corrected chi connectivity index (χ2v) is 7.74. The van der Waals surface area contributed by atoms with Crippen LogP contribution in [0.3, 0.4) is 0 Å². The van der Waals surface area contributed by atoms with Crippen LogP contribution in [0, 0.1) is 0 Å². The van der Waals surface area contributed by atoms with Gasteiger partial charge in [-0.05, 0) is 6.92 Å². The summed E-state index contributed by atoms with van der Waals surface area (Å²) in [6, 6.07) is 0. The molecule has 1 unspecified atom stereocenters. The topological polar surface area (TPSA) is 125 Å². The maximum atomic E-state index is 6.11. The molecule has 0 aliphatic rings. The maximum Gasteiger partial charge on any atom is 0.229 e. The van der Waals surface area contributed by atoms with Crippen molar-refractivity contribution in [2.45, 2.75) is 43.5 Å². The van der Waals surface area contributed by atoms with E-state index in [1.54, 1.807) is 4.90 Å². The van der Waals surface area contributed by atoms with Crippen molar-refractivity contribution in [1.82, 2.24) is 29.8 Å². The molecule has 2 heterocycles. The van der Waals surface area contributed by atoms with Gasteiger partial charge in [-0.15, -0.1) is 10.2 Å².